The topological polar surface area (TPSA) is 9.23 Å². The third-order valence-electron chi connectivity index (χ3n) is 1.62. The molecular formula is C10H12ClFO. The molecule has 0 aromatic heterocycles. The van der Waals surface area contributed by atoms with Crippen LogP contribution in [-0.2, 0) is 5.88 Å². The zero-order valence-electron chi connectivity index (χ0n) is 7.30. The van der Waals surface area contributed by atoms with Gasteiger partial charge in [0.25, 0.3) is 0 Å². The van der Waals surface area contributed by atoms with Crippen molar-refractivity contribution < 1.29 is 9.13 Å². The predicted octanol–water partition coefficient (Wildman–Crippen LogP) is 3.16. The highest BCUT2D eigenvalue weighted by Gasteiger charge is 1.94. The van der Waals surface area contributed by atoms with Gasteiger partial charge in [-0.15, -0.1) is 11.6 Å². The van der Waals surface area contributed by atoms with Gasteiger partial charge in [0.1, 0.15) is 5.75 Å². The molecule has 0 bridgehead atoms. The minimum atomic E-state index is -0.334. The van der Waals surface area contributed by atoms with Crippen molar-refractivity contribution >= 4 is 11.6 Å². The van der Waals surface area contributed by atoms with Crippen LogP contribution in [0.4, 0.5) is 4.39 Å². The Morgan fingerprint density at radius 2 is 1.92 bits per heavy atom. The first-order chi connectivity index (χ1) is 6.36. The lowest BCUT2D eigenvalue weighted by Crippen LogP contribution is -1.97. The predicted molar refractivity (Wildman–Crippen MR) is 52.1 cm³/mol. The molecule has 1 aromatic rings. The molecule has 0 aliphatic carbocycles. The first-order valence-corrected chi connectivity index (χ1v) is 4.74. The highest BCUT2D eigenvalue weighted by atomic mass is 35.5. The Morgan fingerprint density at radius 1 is 1.23 bits per heavy atom. The quantitative estimate of drug-likeness (QED) is 0.527. The number of halogens is 2. The summed E-state index contributed by atoms with van der Waals surface area (Å²) >= 11 is 5.62. The maximum atomic E-state index is 11.7. The molecule has 0 heterocycles. The molecule has 0 saturated heterocycles. The molecular weight excluding hydrogens is 191 g/mol. The van der Waals surface area contributed by atoms with Gasteiger partial charge in [-0.3, -0.25) is 4.39 Å². The lowest BCUT2D eigenvalue weighted by molar-refractivity contribution is 0.289. The smallest absolute Gasteiger partial charge is 0.119 e. The first kappa shape index (κ1) is 10.3. The molecule has 0 aliphatic heterocycles. The van der Waals surface area contributed by atoms with Gasteiger partial charge in [-0.2, -0.15) is 0 Å². The molecule has 0 unspecified atom stereocenters. The third kappa shape index (κ3) is 3.64. The maximum Gasteiger partial charge on any atom is 0.119 e. The van der Waals surface area contributed by atoms with Crippen LogP contribution in [0.3, 0.4) is 0 Å². The van der Waals surface area contributed by atoms with Crippen molar-refractivity contribution in [1.29, 1.82) is 0 Å². The van der Waals surface area contributed by atoms with Crippen molar-refractivity contribution in [2.24, 2.45) is 0 Å². The lowest BCUT2D eigenvalue weighted by atomic mass is 10.2. The minimum Gasteiger partial charge on any atom is -0.494 e. The van der Waals surface area contributed by atoms with Crippen molar-refractivity contribution in [3.63, 3.8) is 0 Å². The maximum absolute atomic E-state index is 11.7. The SMILES string of the molecule is FCCCOc1ccc(CCl)cc1. The van der Waals surface area contributed by atoms with Crippen LogP contribution in [0.5, 0.6) is 5.75 Å². The van der Waals surface area contributed by atoms with Crippen LogP contribution in [0, 0.1) is 0 Å². The summed E-state index contributed by atoms with van der Waals surface area (Å²) in [7, 11) is 0. The molecule has 3 heteroatoms. The number of benzene rings is 1. The van der Waals surface area contributed by atoms with Crippen molar-refractivity contribution in [3.8, 4) is 5.75 Å². The fourth-order valence-electron chi connectivity index (χ4n) is 0.919. The molecule has 0 amide bonds. The van der Waals surface area contributed by atoms with Crippen LogP contribution in [0.15, 0.2) is 24.3 Å². The summed E-state index contributed by atoms with van der Waals surface area (Å²) in [6, 6.07) is 7.49. The number of hydrogen-bond donors (Lipinski definition) is 0. The van der Waals surface area contributed by atoms with E-state index in [2.05, 4.69) is 0 Å². The second kappa shape index (κ2) is 5.81. The van der Waals surface area contributed by atoms with E-state index in [1.807, 2.05) is 24.3 Å². The number of rotatable bonds is 5. The van der Waals surface area contributed by atoms with Crippen molar-refractivity contribution in [3.05, 3.63) is 29.8 Å². The summed E-state index contributed by atoms with van der Waals surface area (Å²) in [6.07, 6.45) is 0.442. The van der Waals surface area contributed by atoms with Crippen LogP contribution < -0.4 is 4.74 Å². The molecule has 0 radical (unpaired) electrons. The molecule has 0 atom stereocenters. The van der Waals surface area contributed by atoms with Gasteiger partial charge in [0.05, 0.1) is 13.3 Å². The molecule has 1 nitrogen and oxygen atoms in total. The highest BCUT2D eigenvalue weighted by molar-refractivity contribution is 6.17. The fourth-order valence-corrected chi connectivity index (χ4v) is 1.10. The second-order valence-electron chi connectivity index (χ2n) is 2.67. The molecule has 1 aromatic carbocycles. The van der Waals surface area contributed by atoms with E-state index in [9.17, 15) is 4.39 Å². The van der Waals surface area contributed by atoms with Crippen LogP contribution in [-0.4, -0.2) is 13.3 Å². The van der Waals surface area contributed by atoms with Gasteiger partial charge in [-0.1, -0.05) is 12.1 Å². The van der Waals surface area contributed by atoms with E-state index in [0.717, 1.165) is 11.3 Å². The summed E-state index contributed by atoms with van der Waals surface area (Å²) in [5.74, 6) is 1.27. The van der Waals surface area contributed by atoms with Crippen molar-refractivity contribution in [1.82, 2.24) is 0 Å². The van der Waals surface area contributed by atoms with E-state index in [0.29, 0.717) is 18.9 Å². The Kier molecular flexibility index (Phi) is 4.61. The molecule has 0 spiro atoms. The van der Waals surface area contributed by atoms with Gasteiger partial charge in [-0.05, 0) is 17.7 Å². The molecule has 0 N–H and O–H groups in total. The van der Waals surface area contributed by atoms with E-state index in [-0.39, 0.29) is 6.67 Å². The second-order valence-corrected chi connectivity index (χ2v) is 2.94. The van der Waals surface area contributed by atoms with Gasteiger partial charge in [0.15, 0.2) is 0 Å². The van der Waals surface area contributed by atoms with Crippen molar-refractivity contribution in [2.75, 3.05) is 13.3 Å². The molecule has 0 aliphatic rings. The Bertz CT molecular complexity index is 235. The molecule has 0 saturated carbocycles. The van der Waals surface area contributed by atoms with E-state index < -0.39 is 0 Å². The summed E-state index contributed by atoms with van der Waals surface area (Å²) in [6.45, 7) is 0.0937. The molecule has 1 rings (SSSR count). The average molecular weight is 203 g/mol. The molecule has 0 fully saturated rings. The normalized spacial score (nSPS) is 10.0. The Balaban J connectivity index is 2.40. The number of ether oxygens (including phenoxy) is 1. The summed E-state index contributed by atoms with van der Waals surface area (Å²) in [5, 5.41) is 0. The van der Waals surface area contributed by atoms with Crippen molar-refractivity contribution in [2.45, 2.75) is 12.3 Å². The number of hydrogen-bond acceptors (Lipinski definition) is 1. The van der Waals surface area contributed by atoms with Crippen LogP contribution in [0.1, 0.15) is 12.0 Å². The molecule has 13 heavy (non-hydrogen) atoms. The van der Waals surface area contributed by atoms with Gasteiger partial charge in [0, 0.05) is 12.3 Å². The first-order valence-electron chi connectivity index (χ1n) is 4.20. The van der Waals surface area contributed by atoms with E-state index >= 15 is 0 Å². The standard InChI is InChI=1S/C10H12ClFO/c11-8-9-2-4-10(5-3-9)13-7-1-6-12/h2-5H,1,6-8H2. The fraction of sp³-hybridized carbons (Fsp3) is 0.400. The zero-order valence-corrected chi connectivity index (χ0v) is 8.06. The van der Waals surface area contributed by atoms with E-state index in [1.165, 1.54) is 0 Å². The van der Waals surface area contributed by atoms with E-state index in [1.54, 1.807) is 0 Å². The Morgan fingerprint density at radius 3 is 2.46 bits per heavy atom. The average Bonchev–Trinajstić information content (AvgIpc) is 2.19. The highest BCUT2D eigenvalue weighted by Crippen LogP contribution is 2.13. The van der Waals surface area contributed by atoms with Gasteiger partial charge in [-0.25, -0.2) is 0 Å². The summed E-state index contributed by atoms with van der Waals surface area (Å²) in [5.41, 5.74) is 1.06. The Labute approximate surface area is 82.5 Å². The lowest BCUT2D eigenvalue weighted by Gasteiger charge is -2.04. The summed E-state index contributed by atoms with van der Waals surface area (Å²) < 4.78 is 17.0. The molecule has 72 valence electrons. The van der Waals surface area contributed by atoms with Gasteiger partial charge >= 0.3 is 0 Å². The van der Waals surface area contributed by atoms with E-state index in [4.69, 9.17) is 16.3 Å². The Hall–Kier alpha value is -0.760. The minimum absolute atomic E-state index is 0.334. The number of alkyl halides is 2. The summed E-state index contributed by atoms with van der Waals surface area (Å²) in [4.78, 5) is 0. The largest absolute Gasteiger partial charge is 0.494 e. The van der Waals surface area contributed by atoms with Crippen LogP contribution in [0.2, 0.25) is 0 Å². The zero-order chi connectivity index (χ0) is 9.52. The van der Waals surface area contributed by atoms with Gasteiger partial charge in [0.2, 0.25) is 0 Å². The van der Waals surface area contributed by atoms with Gasteiger partial charge < -0.3 is 4.74 Å². The van der Waals surface area contributed by atoms with Crippen LogP contribution in [0.25, 0.3) is 0 Å². The monoisotopic (exact) mass is 202 g/mol. The van der Waals surface area contributed by atoms with Crippen LogP contribution >= 0.6 is 11.6 Å². The third-order valence-corrected chi connectivity index (χ3v) is 1.93.